The molecule has 1 amide bonds. The number of hydrogen-bond acceptors (Lipinski definition) is 8. The van der Waals surface area contributed by atoms with E-state index in [9.17, 15) is 10.1 Å². The lowest BCUT2D eigenvalue weighted by atomic mass is 9.50. The topological polar surface area (TPSA) is 151 Å². The van der Waals surface area contributed by atoms with Gasteiger partial charge in [-0.15, -0.1) is 0 Å². The zero-order chi connectivity index (χ0) is 27.0. The minimum absolute atomic E-state index is 0.102. The van der Waals surface area contributed by atoms with Crippen molar-refractivity contribution in [1.29, 1.82) is 5.26 Å². The van der Waals surface area contributed by atoms with Gasteiger partial charge in [0.05, 0.1) is 23.5 Å². The summed E-state index contributed by atoms with van der Waals surface area (Å²) in [6, 6.07) is 6.14. The zero-order valence-corrected chi connectivity index (χ0v) is 21.5. The number of aromatic nitrogens is 7. The first-order chi connectivity index (χ1) is 19.5. The number of alkyl halides is 1. The summed E-state index contributed by atoms with van der Waals surface area (Å²) in [7, 11) is 0. The fourth-order valence-electron chi connectivity index (χ4n) is 6.53. The molecule has 12 nitrogen and oxygen atoms in total. The van der Waals surface area contributed by atoms with Gasteiger partial charge in [0.1, 0.15) is 18.3 Å². The van der Waals surface area contributed by atoms with Crippen molar-refractivity contribution in [3.8, 4) is 17.3 Å². The third-order valence-corrected chi connectivity index (χ3v) is 8.85. The Balaban J connectivity index is 0.999. The number of hydrogen-bond donors (Lipinski definition) is 3. The number of rotatable bonds is 7. The van der Waals surface area contributed by atoms with Crippen LogP contribution in [0.1, 0.15) is 68.3 Å². The number of alkyl carbamates (subject to hydrolysis) is 1. The van der Waals surface area contributed by atoms with E-state index >= 15 is 4.39 Å². The van der Waals surface area contributed by atoms with Gasteiger partial charge in [-0.1, -0.05) is 0 Å². The number of nitriles is 1. The number of nitrogens with zero attached hydrogens (tertiary/aromatic N) is 7. The lowest BCUT2D eigenvalue weighted by Crippen LogP contribution is -2.68. The minimum Gasteiger partial charge on any atom is -0.443 e. The smallest absolute Gasteiger partial charge is 0.407 e. The second-order valence-corrected chi connectivity index (χ2v) is 11.6. The van der Waals surface area contributed by atoms with Crippen molar-refractivity contribution in [1.82, 2.24) is 39.7 Å². The molecule has 4 heterocycles. The van der Waals surface area contributed by atoms with Crippen LogP contribution < -0.4 is 10.6 Å². The Labute approximate surface area is 227 Å². The molecule has 3 atom stereocenters. The number of halogens is 1. The molecule has 5 fully saturated rings. The second kappa shape index (κ2) is 8.51. The third kappa shape index (κ3) is 3.73. The molecule has 4 aromatic rings. The summed E-state index contributed by atoms with van der Waals surface area (Å²) in [5.41, 5.74) is 3.01. The summed E-state index contributed by atoms with van der Waals surface area (Å²) in [5, 5.41) is 27.4. The monoisotopic (exact) mass is 542 g/mol. The number of anilines is 2. The SMILES string of the molecule is N#Cc1cn2c(Nc3cc([C@@H]4CC[C@H](OC(=O)NC56CC(C5)C6)[C@@H]4F)[nH]n3)ncc(-c3ccnn3C3CC3)c2n1. The molecule has 40 heavy (non-hydrogen) atoms. The van der Waals surface area contributed by atoms with Gasteiger partial charge in [-0.25, -0.2) is 19.2 Å². The number of amides is 1. The standard InChI is InChI=1S/C27H27FN10O2/c28-23-17(3-4-21(23)40-26(39)34-27-8-14(9-27)10-27)19-7-22(36-35-19)33-25-30-12-18(24-32-15(11-29)13-37(24)25)20-5-6-31-38(20)16-1-2-16/h5-7,12-14,16-17,21,23H,1-4,8-10H2,(H,34,39)(H2,30,33,35,36)/t14?,17-,21-,23+,27?/m0/s1. The molecule has 4 aromatic heterocycles. The average molecular weight is 543 g/mol. The minimum atomic E-state index is -1.33. The normalized spacial score (nSPS) is 28.5. The van der Waals surface area contributed by atoms with E-state index in [1.54, 1.807) is 29.1 Å². The maximum atomic E-state index is 15.4. The largest absolute Gasteiger partial charge is 0.443 e. The lowest BCUT2D eigenvalue weighted by Gasteiger charge is -2.61. The van der Waals surface area contributed by atoms with Crippen LogP contribution in [0.25, 0.3) is 16.9 Å². The van der Waals surface area contributed by atoms with Gasteiger partial charge in [0.2, 0.25) is 5.95 Å². The Hall–Kier alpha value is -4.47. The van der Waals surface area contributed by atoms with Gasteiger partial charge in [0.25, 0.3) is 0 Å². The van der Waals surface area contributed by atoms with E-state index in [1.165, 1.54) is 0 Å². The van der Waals surface area contributed by atoms with E-state index in [0.717, 1.165) is 49.3 Å². The van der Waals surface area contributed by atoms with Crippen LogP contribution in [-0.4, -0.2) is 58.3 Å². The number of fused-ring (bicyclic) bond motifs is 1. The number of ether oxygens (including phenoxy) is 1. The molecule has 0 saturated heterocycles. The van der Waals surface area contributed by atoms with Crippen molar-refractivity contribution >= 4 is 23.5 Å². The molecule has 204 valence electrons. The Morgan fingerprint density at radius 3 is 2.85 bits per heavy atom. The summed E-state index contributed by atoms with van der Waals surface area (Å²) in [6.07, 6.45) is 8.61. The van der Waals surface area contributed by atoms with E-state index in [-0.39, 0.29) is 11.2 Å². The van der Waals surface area contributed by atoms with Crippen LogP contribution in [0.2, 0.25) is 0 Å². The van der Waals surface area contributed by atoms with E-state index in [1.807, 2.05) is 10.7 Å². The highest BCUT2D eigenvalue weighted by Gasteiger charge is 2.58. The Morgan fingerprint density at radius 1 is 1.25 bits per heavy atom. The van der Waals surface area contributed by atoms with Gasteiger partial charge in [0.15, 0.2) is 17.2 Å². The molecule has 5 saturated carbocycles. The Morgan fingerprint density at radius 2 is 2.10 bits per heavy atom. The van der Waals surface area contributed by atoms with Gasteiger partial charge < -0.3 is 15.4 Å². The highest BCUT2D eigenvalue weighted by molar-refractivity contribution is 5.77. The molecular formula is C27H27FN10O2. The van der Waals surface area contributed by atoms with Gasteiger partial charge in [-0.2, -0.15) is 15.5 Å². The molecule has 13 heteroatoms. The van der Waals surface area contributed by atoms with Gasteiger partial charge >= 0.3 is 6.09 Å². The summed E-state index contributed by atoms with van der Waals surface area (Å²) >= 11 is 0. The number of nitrogens with one attached hydrogen (secondary N) is 3. The fourth-order valence-corrected chi connectivity index (χ4v) is 6.53. The van der Waals surface area contributed by atoms with Crippen molar-refractivity contribution in [2.45, 2.75) is 74.7 Å². The third-order valence-electron chi connectivity index (χ3n) is 8.85. The molecule has 5 aliphatic rings. The number of H-pyrrole nitrogens is 1. The molecule has 0 spiro atoms. The Bertz CT molecular complexity index is 1660. The molecule has 5 aliphatic carbocycles. The maximum Gasteiger partial charge on any atom is 0.407 e. The van der Waals surface area contributed by atoms with Crippen LogP contribution in [-0.2, 0) is 4.74 Å². The van der Waals surface area contributed by atoms with E-state index in [0.29, 0.717) is 42.0 Å². The molecule has 9 rings (SSSR count). The van der Waals surface area contributed by atoms with Crippen LogP contribution in [0.5, 0.6) is 0 Å². The molecule has 0 unspecified atom stereocenters. The van der Waals surface area contributed by atoms with Crippen LogP contribution in [0.15, 0.2) is 30.7 Å². The first-order valence-electron chi connectivity index (χ1n) is 13.8. The van der Waals surface area contributed by atoms with Crippen molar-refractivity contribution < 1.29 is 13.9 Å². The first kappa shape index (κ1) is 23.4. The molecule has 2 bridgehead atoms. The molecule has 3 N–H and O–H groups in total. The fraction of sp³-hybridized carbons (Fsp3) is 0.481. The summed E-state index contributed by atoms with van der Waals surface area (Å²) in [5.74, 6) is 1.13. The van der Waals surface area contributed by atoms with Crippen molar-refractivity contribution in [2.24, 2.45) is 5.92 Å². The van der Waals surface area contributed by atoms with E-state index in [2.05, 4.69) is 42.0 Å². The average Bonchev–Trinajstić information content (AvgIpc) is 3.27. The van der Waals surface area contributed by atoms with Crippen LogP contribution >= 0.6 is 0 Å². The quantitative estimate of drug-likeness (QED) is 0.315. The van der Waals surface area contributed by atoms with Crippen molar-refractivity contribution in [3.63, 3.8) is 0 Å². The van der Waals surface area contributed by atoms with Crippen molar-refractivity contribution in [2.75, 3.05) is 5.32 Å². The van der Waals surface area contributed by atoms with Crippen LogP contribution in [0, 0.1) is 17.2 Å². The van der Waals surface area contributed by atoms with Crippen LogP contribution in [0.4, 0.5) is 21.0 Å². The molecule has 0 aliphatic heterocycles. The lowest BCUT2D eigenvalue weighted by molar-refractivity contribution is -0.0532. The Kier molecular flexibility index (Phi) is 4.98. The van der Waals surface area contributed by atoms with Crippen molar-refractivity contribution in [3.05, 3.63) is 42.1 Å². The molecule has 0 radical (unpaired) electrons. The van der Waals surface area contributed by atoms with Gasteiger partial charge in [-0.05, 0) is 56.9 Å². The number of carbonyl (C=O) groups is 1. The summed E-state index contributed by atoms with van der Waals surface area (Å²) in [6.45, 7) is 0. The van der Waals surface area contributed by atoms with E-state index in [4.69, 9.17) is 4.74 Å². The number of imidazole rings is 1. The van der Waals surface area contributed by atoms with Crippen LogP contribution in [0.3, 0.4) is 0 Å². The number of aromatic amines is 1. The highest BCUT2D eigenvalue weighted by atomic mass is 19.1. The zero-order valence-electron chi connectivity index (χ0n) is 21.5. The number of carbonyl (C=O) groups excluding carboxylic acids is 1. The molecular weight excluding hydrogens is 515 g/mol. The first-order valence-corrected chi connectivity index (χ1v) is 13.8. The second-order valence-electron chi connectivity index (χ2n) is 11.6. The molecule has 0 aromatic carbocycles. The predicted molar refractivity (Wildman–Crippen MR) is 139 cm³/mol. The maximum absolute atomic E-state index is 15.4. The summed E-state index contributed by atoms with van der Waals surface area (Å²) < 4.78 is 24.5. The summed E-state index contributed by atoms with van der Waals surface area (Å²) in [4.78, 5) is 21.5. The van der Waals surface area contributed by atoms with E-state index < -0.39 is 24.3 Å². The predicted octanol–water partition coefficient (Wildman–Crippen LogP) is 4.13. The highest BCUT2D eigenvalue weighted by Crippen LogP contribution is 2.57. The van der Waals surface area contributed by atoms with Gasteiger partial charge in [-0.3, -0.25) is 14.2 Å². The van der Waals surface area contributed by atoms with Gasteiger partial charge in [0, 0.05) is 35.6 Å².